The first-order valence-electron chi connectivity index (χ1n) is 10.9. The number of ether oxygens (including phenoxy) is 1. The van der Waals surface area contributed by atoms with Gasteiger partial charge in [0.05, 0.1) is 34.4 Å². The standard InChI is InChI=1S/C26H27N3O4/c1-15-9-11-16(12-10-15)20-19-21(27(4)25(32)28(5)24(19)31)22-23(17-7-6-8-18(30)13-17)33-14-26(2,3)29(20)22/h6-13,23,30H,14H2,1-5H3/t23-/m0/s1. The van der Waals surface area contributed by atoms with Crippen LogP contribution in [0.3, 0.4) is 0 Å². The molecule has 33 heavy (non-hydrogen) atoms. The molecule has 0 amide bonds. The Morgan fingerprint density at radius 2 is 1.73 bits per heavy atom. The Kier molecular flexibility index (Phi) is 4.65. The maximum absolute atomic E-state index is 13.5. The van der Waals surface area contributed by atoms with Gasteiger partial charge in [-0.2, -0.15) is 0 Å². The molecular formula is C26H27N3O4. The molecular weight excluding hydrogens is 418 g/mol. The fourth-order valence-corrected chi connectivity index (χ4v) is 4.92. The van der Waals surface area contributed by atoms with Crippen molar-refractivity contribution >= 4 is 10.9 Å². The number of fused-ring (bicyclic) bond motifs is 3. The number of nitrogens with zero attached hydrogens (tertiary/aromatic N) is 3. The van der Waals surface area contributed by atoms with Gasteiger partial charge in [-0.05, 0) is 44.0 Å². The summed E-state index contributed by atoms with van der Waals surface area (Å²) in [6, 6.07) is 15.0. The highest BCUT2D eigenvalue weighted by molar-refractivity contribution is 5.96. The summed E-state index contributed by atoms with van der Waals surface area (Å²) >= 11 is 0. The molecule has 2 aromatic carbocycles. The van der Waals surface area contributed by atoms with Crippen molar-refractivity contribution in [1.29, 1.82) is 0 Å². The minimum absolute atomic E-state index is 0.131. The van der Waals surface area contributed by atoms with E-state index in [0.717, 1.165) is 32.6 Å². The first-order valence-corrected chi connectivity index (χ1v) is 10.9. The minimum atomic E-state index is -0.551. The van der Waals surface area contributed by atoms with Gasteiger partial charge in [0, 0.05) is 14.1 Å². The molecule has 0 bridgehead atoms. The summed E-state index contributed by atoms with van der Waals surface area (Å²) in [7, 11) is 3.19. The molecule has 3 heterocycles. The monoisotopic (exact) mass is 445 g/mol. The summed E-state index contributed by atoms with van der Waals surface area (Å²) in [6.07, 6.45) is -0.551. The average molecular weight is 446 g/mol. The molecule has 1 aliphatic heterocycles. The van der Waals surface area contributed by atoms with Crippen LogP contribution in [0.1, 0.15) is 36.8 Å². The van der Waals surface area contributed by atoms with E-state index in [1.807, 2.05) is 37.3 Å². The van der Waals surface area contributed by atoms with E-state index in [0.29, 0.717) is 17.5 Å². The van der Waals surface area contributed by atoms with Gasteiger partial charge in [-0.3, -0.25) is 13.9 Å². The summed E-state index contributed by atoms with van der Waals surface area (Å²) in [5.41, 5.74) is 3.63. The highest BCUT2D eigenvalue weighted by Gasteiger charge is 2.40. The molecule has 170 valence electrons. The molecule has 5 rings (SSSR count). The van der Waals surface area contributed by atoms with Crippen molar-refractivity contribution in [2.24, 2.45) is 14.1 Å². The van der Waals surface area contributed by atoms with E-state index >= 15 is 0 Å². The minimum Gasteiger partial charge on any atom is -0.508 e. The van der Waals surface area contributed by atoms with Crippen LogP contribution in [0.15, 0.2) is 58.1 Å². The Morgan fingerprint density at radius 1 is 1.03 bits per heavy atom. The average Bonchev–Trinajstić information content (AvgIpc) is 3.14. The van der Waals surface area contributed by atoms with Crippen LogP contribution in [0.5, 0.6) is 5.75 Å². The van der Waals surface area contributed by atoms with E-state index in [1.54, 1.807) is 25.2 Å². The lowest BCUT2D eigenvalue weighted by atomic mass is 9.98. The zero-order valence-corrected chi connectivity index (χ0v) is 19.4. The second-order valence-electron chi connectivity index (χ2n) is 9.46. The van der Waals surface area contributed by atoms with Crippen molar-refractivity contribution in [1.82, 2.24) is 13.7 Å². The van der Waals surface area contributed by atoms with E-state index in [9.17, 15) is 14.7 Å². The second kappa shape index (κ2) is 7.22. The third-order valence-electron chi connectivity index (χ3n) is 6.56. The van der Waals surface area contributed by atoms with Crippen molar-refractivity contribution < 1.29 is 9.84 Å². The molecule has 1 N–H and O–H groups in total. The first kappa shape index (κ1) is 21.3. The van der Waals surface area contributed by atoms with Crippen LogP contribution >= 0.6 is 0 Å². The number of aromatic nitrogens is 3. The van der Waals surface area contributed by atoms with Gasteiger partial charge in [0.2, 0.25) is 0 Å². The number of hydrogen-bond acceptors (Lipinski definition) is 4. The van der Waals surface area contributed by atoms with Crippen LogP contribution < -0.4 is 11.2 Å². The number of aryl methyl sites for hydroxylation is 2. The highest BCUT2D eigenvalue weighted by Crippen LogP contribution is 2.45. The van der Waals surface area contributed by atoms with Crippen molar-refractivity contribution in [3.05, 3.63) is 86.2 Å². The highest BCUT2D eigenvalue weighted by atomic mass is 16.5. The third kappa shape index (κ3) is 3.07. The molecule has 0 radical (unpaired) electrons. The predicted octanol–water partition coefficient (Wildman–Crippen LogP) is 3.57. The van der Waals surface area contributed by atoms with Crippen LogP contribution in [0.2, 0.25) is 0 Å². The van der Waals surface area contributed by atoms with Gasteiger partial charge in [0.1, 0.15) is 11.9 Å². The zero-order valence-electron chi connectivity index (χ0n) is 19.4. The third-order valence-corrected chi connectivity index (χ3v) is 6.56. The van der Waals surface area contributed by atoms with Crippen LogP contribution in [0.4, 0.5) is 0 Å². The lowest BCUT2D eigenvalue weighted by molar-refractivity contribution is -0.00714. The van der Waals surface area contributed by atoms with Gasteiger partial charge in [0.15, 0.2) is 0 Å². The molecule has 2 aromatic heterocycles. The van der Waals surface area contributed by atoms with E-state index in [1.165, 1.54) is 11.6 Å². The van der Waals surface area contributed by atoms with Crippen molar-refractivity contribution in [2.75, 3.05) is 6.61 Å². The number of hydrogen-bond donors (Lipinski definition) is 1. The van der Waals surface area contributed by atoms with Gasteiger partial charge in [-0.15, -0.1) is 0 Å². The largest absolute Gasteiger partial charge is 0.508 e. The molecule has 0 fully saturated rings. The number of phenols is 1. The molecule has 0 spiro atoms. The second-order valence-corrected chi connectivity index (χ2v) is 9.46. The number of benzene rings is 2. The number of rotatable bonds is 2. The van der Waals surface area contributed by atoms with Crippen LogP contribution in [0.25, 0.3) is 22.2 Å². The summed E-state index contributed by atoms with van der Waals surface area (Å²) in [4.78, 5) is 26.5. The van der Waals surface area contributed by atoms with Crippen LogP contribution in [-0.2, 0) is 24.4 Å². The van der Waals surface area contributed by atoms with Gasteiger partial charge >= 0.3 is 5.69 Å². The predicted molar refractivity (Wildman–Crippen MR) is 128 cm³/mol. The zero-order chi connectivity index (χ0) is 23.7. The number of aromatic hydroxyl groups is 1. The Bertz CT molecular complexity index is 1520. The summed E-state index contributed by atoms with van der Waals surface area (Å²) in [5, 5.41) is 10.6. The molecule has 0 saturated heterocycles. The van der Waals surface area contributed by atoms with Crippen molar-refractivity contribution in [2.45, 2.75) is 32.4 Å². The topological polar surface area (TPSA) is 78.4 Å². The fourth-order valence-electron chi connectivity index (χ4n) is 4.92. The molecule has 7 heteroatoms. The Balaban J connectivity index is 2.01. The SMILES string of the molecule is Cc1ccc(-c2c3c(=O)n(C)c(=O)n(C)c3c3n2C(C)(C)CO[C@H]3c2cccc(O)c2)cc1. The Hall–Kier alpha value is -3.58. The molecule has 1 aliphatic rings. The lowest BCUT2D eigenvalue weighted by Gasteiger charge is -2.39. The van der Waals surface area contributed by atoms with Gasteiger partial charge in [-0.25, -0.2) is 4.79 Å². The van der Waals surface area contributed by atoms with E-state index in [2.05, 4.69) is 18.4 Å². The maximum atomic E-state index is 13.5. The van der Waals surface area contributed by atoms with Crippen LogP contribution in [-0.4, -0.2) is 25.4 Å². The Labute approximate surface area is 191 Å². The molecule has 0 unspecified atom stereocenters. The first-order chi connectivity index (χ1) is 15.6. The van der Waals surface area contributed by atoms with Crippen LogP contribution in [0, 0.1) is 6.92 Å². The summed E-state index contributed by atoms with van der Waals surface area (Å²) in [5.74, 6) is 0.131. The summed E-state index contributed by atoms with van der Waals surface area (Å²) < 4.78 is 11.2. The van der Waals surface area contributed by atoms with E-state index in [-0.39, 0.29) is 11.3 Å². The molecule has 0 aliphatic carbocycles. The maximum Gasteiger partial charge on any atom is 0.331 e. The quantitative estimate of drug-likeness (QED) is 0.512. The van der Waals surface area contributed by atoms with Crippen molar-refractivity contribution in [3.63, 3.8) is 0 Å². The van der Waals surface area contributed by atoms with Gasteiger partial charge in [0.25, 0.3) is 5.56 Å². The van der Waals surface area contributed by atoms with Crippen molar-refractivity contribution in [3.8, 4) is 17.0 Å². The number of phenolic OH excluding ortho intramolecular Hbond substituents is 1. The molecule has 0 saturated carbocycles. The van der Waals surface area contributed by atoms with Gasteiger partial charge in [-0.1, -0.05) is 42.0 Å². The smallest absolute Gasteiger partial charge is 0.331 e. The summed E-state index contributed by atoms with van der Waals surface area (Å²) in [6.45, 7) is 6.55. The molecule has 7 nitrogen and oxygen atoms in total. The van der Waals surface area contributed by atoms with E-state index in [4.69, 9.17) is 4.74 Å². The lowest BCUT2D eigenvalue weighted by Crippen LogP contribution is -2.40. The van der Waals surface area contributed by atoms with Gasteiger partial charge < -0.3 is 14.4 Å². The molecule has 1 atom stereocenters. The Morgan fingerprint density at radius 3 is 2.39 bits per heavy atom. The van der Waals surface area contributed by atoms with E-state index < -0.39 is 17.3 Å². The molecule has 4 aromatic rings. The normalized spacial score (nSPS) is 17.3. The fraction of sp³-hybridized carbons (Fsp3) is 0.308.